The van der Waals surface area contributed by atoms with Crippen LogP contribution in [-0.4, -0.2) is 13.0 Å². The maximum absolute atomic E-state index is 12.7. The molecule has 3 nitrogen and oxygen atoms in total. The van der Waals surface area contributed by atoms with Gasteiger partial charge in [0.15, 0.2) is 0 Å². The van der Waals surface area contributed by atoms with Crippen LogP contribution in [0.2, 0.25) is 5.02 Å². The lowest BCUT2D eigenvalue weighted by Crippen LogP contribution is -2.50. The number of hydrogen-bond donors (Lipinski definition) is 1. The molecule has 114 valence electrons. The molecule has 4 heteroatoms. The van der Waals surface area contributed by atoms with Gasteiger partial charge in [0.25, 0.3) is 5.91 Å². The van der Waals surface area contributed by atoms with Crippen LogP contribution in [0.3, 0.4) is 0 Å². The van der Waals surface area contributed by atoms with Crippen molar-refractivity contribution in [2.24, 2.45) is 0 Å². The molecule has 2 aromatic rings. The quantitative estimate of drug-likeness (QED) is 0.920. The Kier molecular flexibility index (Phi) is 4.08. The largest absolute Gasteiger partial charge is 0.496 e. The smallest absolute Gasteiger partial charge is 0.255 e. The minimum atomic E-state index is -0.272. The second kappa shape index (κ2) is 6.01. The first kappa shape index (κ1) is 14.9. The molecule has 1 aliphatic rings. The molecule has 1 N–H and O–H groups in total. The summed E-state index contributed by atoms with van der Waals surface area (Å²) in [5.74, 6) is 0.382. The number of methoxy groups -OCH3 is 1. The third-order valence-corrected chi connectivity index (χ3v) is 4.53. The van der Waals surface area contributed by atoms with Gasteiger partial charge in [0, 0.05) is 5.02 Å². The summed E-state index contributed by atoms with van der Waals surface area (Å²) in [6, 6.07) is 15.2. The SMILES string of the molecule is COc1ccc(Cl)cc1C(=O)NC1(c2ccccc2)CCC1. The zero-order valence-corrected chi connectivity index (χ0v) is 13.2. The molecule has 1 aliphatic carbocycles. The van der Waals surface area contributed by atoms with E-state index in [0.717, 1.165) is 24.8 Å². The fourth-order valence-electron chi connectivity index (χ4n) is 2.92. The molecule has 0 spiro atoms. The van der Waals surface area contributed by atoms with Crippen molar-refractivity contribution in [1.82, 2.24) is 5.32 Å². The van der Waals surface area contributed by atoms with Crippen LogP contribution in [0.1, 0.15) is 35.2 Å². The summed E-state index contributed by atoms with van der Waals surface area (Å²) in [5.41, 5.74) is 1.35. The van der Waals surface area contributed by atoms with E-state index in [4.69, 9.17) is 16.3 Å². The van der Waals surface area contributed by atoms with Gasteiger partial charge in [-0.25, -0.2) is 0 Å². The number of carbonyl (C=O) groups is 1. The van der Waals surface area contributed by atoms with E-state index < -0.39 is 0 Å². The van der Waals surface area contributed by atoms with E-state index in [2.05, 4.69) is 17.4 Å². The molecule has 0 aliphatic heterocycles. The topological polar surface area (TPSA) is 38.3 Å². The Labute approximate surface area is 135 Å². The fourth-order valence-corrected chi connectivity index (χ4v) is 3.09. The number of ether oxygens (including phenoxy) is 1. The molecule has 0 heterocycles. The van der Waals surface area contributed by atoms with Crippen molar-refractivity contribution in [2.45, 2.75) is 24.8 Å². The first-order chi connectivity index (χ1) is 10.6. The summed E-state index contributed by atoms with van der Waals surface area (Å²) in [7, 11) is 1.55. The normalized spacial score (nSPS) is 15.7. The zero-order valence-electron chi connectivity index (χ0n) is 12.4. The van der Waals surface area contributed by atoms with Gasteiger partial charge in [0.1, 0.15) is 5.75 Å². The van der Waals surface area contributed by atoms with Crippen LogP contribution in [0.5, 0.6) is 5.75 Å². The molecular weight excluding hydrogens is 298 g/mol. The molecule has 0 aromatic heterocycles. The lowest BCUT2D eigenvalue weighted by atomic mass is 9.71. The van der Waals surface area contributed by atoms with Crippen molar-refractivity contribution in [2.75, 3.05) is 7.11 Å². The summed E-state index contributed by atoms with van der Waals surface area (Å²) in [6.07, 6.45) is 3.01. The number of nitrogens with one attached hydrogen (secondary N) is 1. The van der Waals surface area contributed by atoms with Crippen LogP contribution >= 0.6 is 11.6 Å². The Bertz CT molecular complexity index is 681. The number of carbonyl (C=O) groups excluding carboxylic acids is 1. The monoisotopic (exact) mass is 315 g/mol. The Morgan fingerprint density at radius 3 is 2.50 bits per heavy atom. The van der Waals surface area contributed by atoms with Crippen molar-refractivity contribution in [1.29, 1.82) is 0 Å². The van der Waals surface area contributed by atoms with Gasteiger partial charge in [-0.05, 0) is 43.0 Å². The molecule has 1 fully saturated rings. The van der Waals surface area contributed by atoms with Crippen molar-refractivity contribution in [3.63, 3.8) is 0 Å². The fraction of sp³-hybridized carbons (Fsp3) is 0.278. The number of rotatable bonds is 4. The Hall–Kier alpha value is -2.00. The molecule has 0 radical (unpaired) electrons. The highest BCUT2D eigenvalue weighted by atomic mass is 35.5. The van der Waals surface area contributed by atoms with Crippen LogP contribution in [-0.2, 0) is 5.54 Å². The standard InChI is InChI=1S/C18H18ClNO2/c1-22-16-9-8-14(19)12-15(16)17(21)20-18(10-5-11-18)13-6-3-2-4-7-13/h2-4,6-9,12H,5,10-11H2,1H3,(H,20,21). The number of halogens is 1. The number of benzene rings is 2. The highest BCUT2D eigenvalue weighted by molar-refractivity contribution is 6.31. The van der Waals surface area contributed by atoms with Crippen molar-refractivity contribution in [3.8, 4) is 5.75 Å². The van der Waals surface area contributed by atoms with E-state index >= 15 is 0 Å². The average molecular weight is 316 g/mol. The van der Waals surface area contributed by atoms with E-state index in [1.807, 2.05) is 18.2 Å². The molecule has 0 bridgehead atoms. The van der Waals surface area contributed by atoms with E-state index in [-0.39, 0.29) is 11.4 Å². The van der Waals surface area contributed by atoms with Crippen molar-refractivity contribution >= 4 is 17.5 Å². The molecule has 2 aromatic carbocycles. The number of amides is 1. The summed E-state index contributed by atoms with van der Waals surface area (Å²) in [5, 5.41) is 3.71. The molecule has 1 saturated carbocycles. The van der Waals surface area contributed by atoms with E-state index in [0.29, 0.717) is 16.3 Å². The zero-order chi connectivity index (χ0) is 15.6. The van der Waals surface area contributed by atoms with Gasteiger partial charge < -0.3 is 10.1 Å². The van der Waals surface area contributed by atoms with Crippen LogP contribution < -0.4 is 10.1 Å². The highest BCUT2D eigenvalue weighted by Gasteiger charge is 2.40. The highest BCUT2D eigenvalue weighted by Crippen LogP contribution is 2.41. The Morgan fingerprint density at radius 1 is 1.18 bits per heavy atom. The van der Waals surface area contributed by atoms with Crippen molar-refractivity contribution < 1.29 is 9.53 Å². The number of hydrogen-bond acceptors (Lipinski definition) is 2. The molecule has 1 amide bonds. The maximum Gasteiger partial charge on any atom is 0.255 e. The maximum atomic E-state index is 12.7. The van der Waals surface area contributed by atoms with Gasteiger partial charge in [-0.3, -0.25) is 4.79 Å². The van der Waals surface area contributed by atoms with Crippen molar-refractivity contribution in [3.05, 3.63) is 64.7 Å². The third-order valence-electron chi connectivity index (χ3n) is 4.29. The predicted molar refractivity (Wildman–Crippen MR) is 87.4 cm³/mol. The van der Waals surface area contributed by atoms with Gasteiger partial charge in [0.05, 0.1) is 18.2 Å². The molecule has 3 rings (SSSR count). The second-order valence-corrected chi connectivity index (χ2v) is 6.04. The van der Waals surface area contributed by atoms with Gasteiger partial charge in [-0.1, -0.05) is 41.9 Å². The van der Waals surface area contributed by atoms with Crippen LogP contribution in [0.25, 0.3) is 0 Å². The lowest BCUT2D eigenvalue weighted by Gasteiger charge is -2.43. The van der Waals surface area contributed by atoms with Gasteiger partial charge >= 0.3 is 0 Å². The molecule has 0 atom stereocenters. The summed E-state index contributed by atoms with van der Waals surface area (Å²) >= 11 is 6.02. The Morgan fingerprint density at radius 2 is 1.91 bits per heavy atom. The first-order valence-corrected chi connectivity index (χ1v) is 7.74. The van der Waals surface area contributed by atoms with Gasteiger partial charge in [-0.2, -0.15) is 0 Å². The molecular formula is C18H18ClNO2. The van der Waals surface area contributed by atoms with E-state index in [1.54, 1.807) is 25.3 Å². The second-order valence-electron chi connectivity index (χ2n) is 5.60. The van der Waals surface area contributed by atoms with Crippen LogP contribution in [0.4, 0.5) is 0 Å². The minimum Gasteiger partial charge on any atom is -0.496 e. The minimum absolute atomic E-state index is 0.150. The van der Waals surface area contributed by atoms with Crippen LogP contribution in [0.15, 0.2) is 48.5 Å². The first-order valence-electron chi connectivity index (χ1n) is 7.36. The summed E-state index contributed by atoms with van der Waals surface area (Å²) in [4.78, 5) is 12.7. The van der Waals surface area contributed by atoms with E-state index in [9.17, 15) is 4.79 Å². The average Bonchev–Trinajstić information content (AvgIpc) is 2.51. The van der Waals surface area contributed by atoms with Gasteiger partial charge in [-0.15, -0.1) is 0 Å². The summed E-state index contributed by atoms with van der Waals surface area (Å²) < 4.78 is 5.27. The molecule has 0 unspecified atom stereocenters. The molecule has 22 heavy (non-hydrogen) atoms. The Balaban J connectivity index is 1.89. The summed E-state index contributed by atoms with van der Waals surface area (Å²) in [6.45, 7) is 0. The van der Waals surface area contributed by atoms with Crippen LogP contribution in [0, 0.1) is 0 Å². The van der Waals surface area contributed by atoms with Gasteiger partial charge in [0.2, 0.25) is 0 Å². The lowest BCUT2D eigenvalue weighted by molar-refractivity contribution is 0.0820. The molecule has 0 saturated heterocycles. The van der Waals surface area contributed by atoms with E-state index in [1.165, 1.54) is 0 Å². The third kappa shape index (κ3) is 2.69. The predicted octanol–water partition coefficient (Wildman–Crippen LogP) is 4.16.